The van der Waals surface area contributed by atoms with E-state index in [9.17, 15) is 0 Å². The summed E-state index contributed by atoms with van der Waals surface area (Å²) in [7, 11) is 0. The van der Waals surface area contributed by atoms with Gasteiger partial charge in [-0.25, -0.2) is 0 Å². The van der Waals surface area contributed by atoms with Gasteiger partial charge < -0.3 is 10.6 Å². The fourth-order valence-corrected chi connectivity index (χ4v) is 4.24. The van der Waals surface area contributed by atoms with Crippen molar-refractivity contribution in [2.45, 2.75) is 65.2 Å². The van der Waals surface area contributed by atoms with Gasteiger partial charge in [0.15, 0.2) is 0 Å². The summed E-state index contributed by atoms with van der Waals surface area (Å²) in [5.74, 6) is 1.53. The predicted octanol–water partition coefficient (Wildman–Crippen LogP) is 3.65. The van der Waals surface area contributed by atoms with E-state index in [0.29, 0.717) is 0 Å². The summed E-state index contributed by atoms with van der Waals surface area (Å²) in [6.07, 6.45) is 11.5. The molecule has 1 unspecified atom stereocenters. The van der Waals surface area contributed by atoms with Gasteiger partial charge in [-0.15, -0.1) is 0 Å². The van der Waals surface area contributed by atoms with Gasteiger partial charge in [0.05, 0.1) is 0 Å². The molecule has 1 aliphatic heterocycles. The van der Waals surface area contributed by atoms with Crippen LogP contribution in [0, 0.1) is 17.3 Å². The smallest absolute Gasteiger partial charge is 0.00134 e. The van der Waals surface area contributed by atoms with E-state index in [4.69, 9.17) is 5.73 Å². The molecule has 1 heterocycles. The number of rotatable bonds is 6. The molecule has 0 amide bonds. The summed E-state index contributed by atoms with van der Waals surface area (Å²) in [5.41, 5.74) is 6.68. The fraction of sp³-hybridized carbons (Fsp3) is 1.00. The Morgan fingerprint density at radius 3 is 2.21 bits per heavy atom. The zero-order chi connectivity index (χ0) is 13.7. The van der Waals surface area contributed by atoms with Crippen LogP contribution in [0.1, 0.15) is 65.2 Å². The van der Waals surface area contributed by atoms with Gasteiger partial charge in [-0.3, -0.25) is 0 Å². The lowest BCUT2D eigenvalue weighted by atomic mass is 9.77. The van der Waals surface area contributed by atoms with Crippen LogP contribution in [0.25, 0.3) is 0 Å². The number of hydrogen-bond acceptors (Lipinski definition) is 2. The molecule has 1 saturated carbocycles. The maximum atomic E-state index is 5.91. The molecule has 1 spiro atoms. The molecule has 0 aromatic carbocycles. The molecule has 1 atom stereocenters. The van der Waals surface area contributed by atoms with Crippen molar-refractivity contribution in [2.24, 2.45) is 23.0 Å². The van der Waals surface area contributed by atoms with Gasteiger partial charge in [0.2, 0.25) is 0 Å². The molecule has 2 nitrogen and oxygen atoms in total. The van der Waals surface area contributed by atoms with Crippen molar-refractivity contribution in [1.82, 2.24) is 4.90 Å². The molecule has 0 aromatic rings. The Bertz CT molecular complexity index is 246. The first-order valence-electron chi connectivity index (χ1n) is 8.56. The Morgan fingerprint density at radius 2 is 1.68 bits per heavy atom. The van der Waals surface area contributed by atoms with Crippen molar-refractivity contribution in [3.8, 4) is 0 Å². The average molecular weight is 266 g/mol. The van der Waals surface area contributed by atoms with Gasteiger partial charge in [0.25, 0.3) is 0 Å². The van der Waals surface area contributed by atoms with Crippen molar-refractivity contribution >= 4 is 0 Å². The van der Waals surface area contributed by atoms with Gasteiger partial charge in [-0.1, -0.05) is 26.7 Å². The van der Waals surface area contributed by atoms with E-state index < -0.39 is 0 Å². The first-order valence-corrected chi connectivity index (χ1v) is 8.56. The summed E-state index contributed by atoms with van der Waals surface area (Å²) >= 11 is 0. The Kier molecular flexibility index (Phi) is 5.70. The van der Waals surface area contributed by atoms with E-state index in [-0.39, 0.29) is 0 Å². The summed E-state index contributed by atoms with van der Waals surface area (Å²) in [5, 5.41) is 0. The van der Waals surface area contributed by atoms with Crippen LogP contribution in [0.4, 0.5) is 0 Å². The SMILES string of the molecule is CC(C)CC(CN)CCN1CCC2(CCCC2)CC1. The van der Waals surface area contributed by atoms with E-state index in [2.05, 4.69) is 18.7 Å². The van der Waals surface area contributed by atoms with Crippen LogP contribution in [0.15, 0.2) is 0 Å². The predicted molar refractivity (Wildman–Crippen MR) is 83.2 cm³/mol. The molecular weight excluding hydrogens is 232 g/mol. The zero-order valence-corrected chi connectivity index (χ0v) is 13.2. The highest BCUT2D eigenvalue weighted by Gasteiger charge is 2.36. The Labute approximate surface area is 120 Å². The number of hydrogen-bond donors (Lipinski definition) is 1. The highest BCUT2D eigenvalue weighted by atomic mass is 15.1. The lowest BCUT2D eigenvalue weighted by molar-refractivity contribution is 0.103. The fourth-order valence-electron chi connectivity index (χ4n) is 4.24. The van der Waals surface area contributed by atoms with Crippen molar-refractivity contribution in [2.75, 3.05) is 26.2 Å². The lowest BCUT2D eigenvalue weighted by Gasteiger charge is -2.39. The van der Waals surface area contributed by atoms with Crippen molar-refractivity contribution in [3.63, 3.8) is 0 Å². The third-order valence-corrected chi connectivity index (χ3v) is 5.57. The normalized spacial score (nSPS) is 25.3. The van der Waals surface area contributed by atoms with Crippen LogP contribution in [-0.2, 0) is 0 Å². The minimum Gasteiger partial charge on any atom is -0.330 e. The molecule has 112 valence electrons. The quantitative estimate of drug-likeness (QED) is 0.795. The molecule has 0 aromatic heterocycles. The van der Waals surface area contributed by atoms with Crippen molar-refractivity contribution < 1.29 is 0 Å². The molecule has 2 fully saturated rings. The van der Waals surface area contributed by atoms with Crippen LogP contribution >= 0.6 is 0 Å². The molecule has 0 radical (unpaired) electrons. The van der Waals surface area contributed by atoms with Crippen molar-refractivity contribution in [3.05, 3.63) is 0 Å². The molecule has 2 aliphatic rings. The van der Waals surface area contributed by atoms with Gasteiger partial charge >= 0.3 is 0 Å². The van der Waals surface area contributed by atoms with Crippen LogP contribution in [0.3, 0.4) is 0 Å². The maximum absolute atomic E-state index is 5.91. The van der Waals surface area contributed by atoms with Gasteiger partial charge in [0.1, 0.15) is 0 Å². The van der Waals surface area contributed by atoms with E-state index in [1.807, 2.05) is 0 Å². The minimum absolute atomic E-state index is 0.738. The van der Waals surface area contributed by atoms with Gasteiger partial charge in [-0.2, -0.15) is 0 Å². The molecule has 2 heteroatoms. The van der Waals surface area contributed by atoms with E-state index in [1.54, 1.807) is 0 Å². The second-order valence-corrected chi connectivity index (χ2v) is 7.57. The average Bonchev–Trinajstić information content (AvgIpc) is 2.84. The van der Waals surface area contributed by atoms with Crippen molar-refractivity contribution in [1.29, 1.82) is 0 Å². The van der Waals surface area contributed by atoms with E-state index >= 15 is 0 Å². The molecule has 0 bridgehead atoms. The first kappa shape index (κ1) is 15.3. The first-order chi connectivity index (χ1) is 9.13. The van der Waals surface area contributed by atoms with Crippen LogP contribution in [0.2, 0.25) is 0 Å². The third-order valence-electron chi connectivity index (χ3n) is 5.57. The van der Waals surface area contributed by atoms with Crippen LogP contribution in [0.5, 0.6) is 0 Å². The Balaban J connectivity index is 1.67. The van der Waals surface area contributed by atoms with E-state index in [0.717, 1.165) is 23.8 Å². The summed E-state index contributed by atoms with van der Waals surface area (Å²) in [6, 6.07) is 0. The second-order valence-electron chi connectivity index (χ2n) is 7.57. The molecule has 1 aliphatic carbocycles. The number of likely N-dealkylation sites (tertiary alicyclic amines) is 1. The van der Waals surface area contributed by atoms with Gasteiger partial charge in [-0.05, 0) is 82.0 Å². The number of nitrogens with zero attached hydrogens (tertiary/aromatic N) is 1. The Morgan fingerprint density at radius 1 is 1.05 bits per heavy atom. The molecule has 1 saturated heterocycles. The topological polar surface area (TPSA) is 29.3 Å². The van der Waals surface area contributed by atoms with E-state index in [1.165, 1.54) is 71.0 Å². The van der Waals surface area contributed by atoms with Crippen LogP contribution in [-0.4, -0.2) is 31.1 Å². The standard InChI is InChI=1S/C17H34N2/c1-15(2)13-16(14-18)5-10-19-11-8-17(9-12-19)6-3-4-7-17/h15-16H,3-14,18H2,1-2H3. The lowest BCUT2D eigenvalue weighted by Crippen LogP contribution is -2.40. The summed E-state index contributed by atoms with van der Waals surface area (Å²) < 4.78 is 0. The Hall–Kier alpha value is -0.0800. The molecule has 2 rings (SSSR count). The maximum Gasteiger partial charge on any atom is -0.00134 e. The van der Waals surface area contributed by atoms with Crippen LogP contribution < -0.4 is 5.73 Å². The monoisotopic (exact) mass is 266 g/mol. The number of nitrogens with two attached hydrogens (primary N) is 1. The van der Waals surface area contributed by atoms with Gasteiger partial charge in [0, 0.05) is 0 Å². The zero-order valence-electron chi connectivity index (χ0n) is 13.2. The summed E-state index contributed by atoms with van der Waals surface area (Å²) in [4.78, 5) is 2.70. The number of piperidine rings is 1. The summed E-state index contributed by atoms with van der Waals surface area (Å²) in [6.45, 7) is 9.47. The molecular formula is C17H34N2. The largest absolute Gasteiger partial charge is 0.330 e. The highest BCUT2D eigenvalue weighted by molar-refractivity contribution is 4.89. The molecule has 2 N–H and O–H groups in total. The second kappa shape index (κ2) is 7.08. The third kappa shape index (κ3) is 4.46. The molecule has 19 heavy (non-hydrogen) atoms. The minimum atomic E-state index is 0.738. The highest BCUT2D eigenvalue weighted by Crippen LogP contribution is 2.46.